The third-order valence-electron chi connectivity index (χ3n) is 6.10. The molecule has 1 saturated heterocycles. The normalized spacial score (nSPS) is 24.5. The van der Waals surface area contributed by atoms with Crippen LogP contribution in [0.15, 0.2) is 12.2 Å². The number of allylic oxidation sites excluding steroid dienone is 1. The summed E-state index contributed by atoms with van der Waals surface area (Å²) in [4.78, 5) is 12.5. The molecule has 0 spiro atoms. The quantitative estimate of drug-likeness (QED) is 0.414. The minimum Gasteiger partial charge on any atom is -0.369 e. The molecule has 21 heavy (non-hydrogen) atoms. The Bertz CT molecular complexity index is 437. The Morgan fingerprint density at radius 1 is 0.952 bits per heavy atom. The molecule has 0 unspecified atom stereocenters. The Morgan fingerprint density at radius 2 is 1.43 bits per heavy atom. The van der Waals surface area contributed by atoms with Crippen molar-refractivity contribution in [2.75, 3.05) is 0 Å². The van der Waals surface area contributed by atoms with Crippen molar-refractivity contribution < 1.29 is 9.53 Å². The van der Waals surface area contributed by atoms with Crippen LogP contribution >= 0.6 is 0 Å². The third kappa shape index (κ3) is 3.77. The summed E-state index contributed by atoms with van der Waals surface area (Å²) in [7, 11) is -3.38. The summed E-state index contributed by atoms with van der Waals surface area (Å²) >= 11 is 0. The molecule has 0 bridgehead atoms. The molecule has 2 nitrogen and oxygen atoms in total. The van der Waals surface area contributed by atoms with E-state index in [4.69, 9.17) is 4.74 Å². The first-order valence-electron chi connectivity index (χ1n) is 8.00. The van der Waals surface area contributed by atoms with Crippen molar-refractivity contribution in [1.29, 1.82) is 0 Å². The number of epoxide rings is 1. The summed E-state index contributed by atoms with van der Waals surface area (Å²) < 4.78 is 5.90. The van der Waals surface area contributed by atoms with Crippen molar-refractivity contribution >= 4 is 21.6 Å². The maximum Gasteiger partial charge on any atom is 0.137 e. The fourth-order valence-electron chi connectivity index (χ4n) is 2.04. The van der Waals surface area contributed by atoms with E-state index in [1.54, 1.807) is 0 Å². The van der Waals surface area contributed by atoms with Gasteiger partial charge < -0.3 is 9.53 Å². The number of hydrogen-bond acceptors (Lipinski definition) is 2. The SMILES string of the molecule is CC(C)(C)[Si](C)(C)C(=O)/C=C/[C@H]1O[C@H]1[Si](C)(C)C(C)(C)C. The minimum atomic E-state index is -1.92. The predicted octanol–water partition coefficient (Wildman–Crippen LogP) is 4.97. The minimum absolute atomic E-state index is 0.0949. The maximum absolute atomic E-state index is 12.5. The van der Waals surface area contributed by atoms with Gasteiger partial charge in [0.15, 0.2) is 0 Å². The van der Waals surface area contributed by atoms with Crippen LogP contribution in [0.25, 0.3) is 0 Å². The fraction of sp³-hybridized carbons (Fsp3) is 0.824. The first kappa shape index (κ1) is 18.9. The van der Waals surface area contributed by atoms with Gasteiger partial charge in [-0.2, -0.15) is 0 Å². The lowest BCUT2D eigenvalue weighted by molar-refractivity contribution is -0.108. The van der Waals surface area contributed by atoms with Crippen molar-refractivity contribution in [3.63, 3.8) is 0 Å². The second-order valence-corrected chi connectivity index (χ2v) is 20.3. The van der Waals surface area contributed by atoms with Crippen molar-refractivity contribution in [3.05, 3.63) is 12.2 Å². The first-order valence-corrected chi connectivity index (χ1v) is 14.1. The highest BCUT2D eigenvalue weighted by Crippen LogP contribution is 2.46. The Labute approximate surface area is 133 Å². The largest absolute Gasteiger partial charge is 0.369 e. The van der Waals surface area contributed by atoms with Crippen molar-refractivity contribution in [2.45, 2.75) is 89.6 Å². The third-order valence-corrected chi connectivity index (χ3v) is 17.0. The van der Waals surface area contributed by atoms with Gasteiger partial charge in [0.2, 0.25) is 0 Å². The van der Waals surface area contributed by atoms with E-state index in [-0.39, 0.29) is 11.1 Å². The zero-order valence-corrected chi connectivity index (χ0v) is 17.6. The Balaban J connectivity index is 2.73. The summed E-state index contributed by atoms with van der Waals surface area (Å²) in [6.07, 6.45) is 4.00. The molecule has 2 atom stereocenters. The summed E-state index contributed by atoms with van der Waals surface area (Å²) in [6, 6.07) is 0. The Kier molecular flexibility index (Phi) is 4.90. The van der Waals surface area contributed by atoms with Gasteiger partial charge in [0, 0.05) is 0 Å². The topological polar surface area (TPSA) is 29.6 Å². The summed E-state index contributed by atoms with van der Waals surface area (Å²) in [5.74, 6) is 0. The monoisotopic (exact) mass is 326 g/mol. The van der Waals surface area contributed by atoms with E-state index in [9.17, 15) is 4.79 Å². The fourth-order valence-corrected chi connectivity index (χ4v) is 5.57. The zero-order chi connectivity index (χ0) is 16.9. The molecular weight excluding hydrogens is 292 g/mol. The lowest BCUT2D eigenvalue weighted by Gasteiger charge is -2.35. The average Bonchev–Trinajstić information content (AvgIpc) is 3.02. The molecule has 0 aromatic heterocycles. The summed E-state index contributed by atoms with van der Waals surface area (Å²) in [5, 5.41) is 0.751. The van der Waals surface area contributed by atoms with E-state index in [0.717, 1.165) is 0 Å². The van der Waals surface area contributed by atoms with E-state index >= 15 is 0 Å². The molecular formula is C17H34O2Si2. The number of ether oxygens (including phenoxy) is 1. The van der Waals surface area contributed by atoms with Crippen LogP contribution in [-0.4, -0.2) is 33.4 Å². The average molecular weight is 327 g/mol. The summed E-state index contributed by atoms with van der Waals surface area (Å²) in [5.41, 5.74) is 0.362. The van der Waals surface area contributed by atoms with Crippen molar-refractivity contribution in [3.8, 4) is 0 Å². The van der Waals surface area contributed by atoms with Crippen LogP contribution in [0.3, 0.4) is 0 Å². The van der Waals surface area contributed by atoms with Gasteiger partial charge in [0.05, 0.1) is 19.9 Å². The van der Waals surface area contributed by atoms with Crippen LogP contribution in [0.1, 0.15) is 41.5 Å². The first-order chi connectivity index (χ1) is 9.12. The van der Waals surface area contributed by atoms with Gasteiger partial charge in [-0.3, -0.25) is 0 Å². The Hall–Kier alpha value is -0.196. The van der Waals surface area contributed by atoms with E-state index in [1.165, 1.54) is 0 Å². The van der Waals surface area contributed by atoms with Crippen LogP contribution in [0.2, 0.25) is 36.3 Å². The highest BCUT2D eigenvalue weighted by atomic mass is 28.3. The zero-order valence-electron chi connectivity index (χ0n) is 15.6. The van der Waals surface area contributed by atoms with Crippen molar-refractivity contribution in [2.24, 2.45) is 0 Å². The second-order valence-electron chi connectivity index (χ2n) is 9.59. The van der Waals surface area contributed by atoms with Crippen LogP contribution < -0.4 is 0 Å². The molecule has 122 valence electrons. The van der Waals surface area contributed by atoms with Crippen LogP contribution in [0.5, 0.6) is 0 Å². The summed E-state index contributed by atoms with van der Waals surface area (Å²) in [6.45, 7) is 22.6. The van der Waals surface area contributed by atoms with Gasteiger partial charge in [-0.25, -0.2) is 0 Å². The molecule has 1 fully saturated rings. The molecule has 0 aliphatic carbocycles. The van der Waals surface area contributed by atoms with Crippen molar-refractivity contribution in [1.82, 2.24) is 0 Å². The van der Waals surface area contributed by atoms with E-state index in [0.29, 0.717) is 16.2 Å². The van der Waals surface area contributed by atoms with Gasteiger partial charge in [-0.05, 0) is 16.2 Å². The molecule has 4 heteroatoms. The van der Waals surface area contributed by atoms with Gasteiger partial charge in [0.25, 0.3) is 0 Å². The second kappa shape index (κ2) is 5.46. The Morgan fingerprint density at radius 3 is 1.81 bits per heavy atom. The highest BCUT2D eigenvalue weighted by Gasteiger charge is 2.55. The number of carbonyl (C=O) groups is 1. The van der Waals surface area contributed by atoms with Gasteiger partial charge in [-0.15, -0.1) is 0 Å². The molecule has 1 heterocycles. The molecule has 1 aliphatic rings. The number of rotatable bonds is 4. The molecule has 0 N–H and O–H groups in total. The van der Waals surface area contributed by atoms with Crippen LogP contribution in [-0.2, 0) is 9.53 Å². The lowest BCUT2D eigenvalue weighted by atomic mass is 10.2. The van der Waals surface area contributed by atoms with E-state index < -0.39 is 16.1 Å². The van der Waals surface area contributed by atoms with Gasteiger partial charge in [-0.1, -0.05) is 73.8 Å². The molecule has 0 radical (unpaired) electrons. The van der Waals surface area contributed by atoms with Crippen LogP contribution in [0, 0.1) is 0 Å². The van der Waals surface area contributed by atoms with E-state index in [1.807, 2.05) is 12.2 Å². The molecule has 0 aromatic carbocycles. The van der Waals surface area contributed by atoms with E-state index in [2.05, 4.69) is 67.7 Å². The molecule has 1 aliphatic heterocycles. The molecule has 0 saturated carbocycles. The standard InChI is InChI=1S/C17H34O2Si2/c1-16(2,3)20(7,8)14(18)12-11-13-15(19-13)21(9,10)17(4,5)6/h11-13,15H,1-10H3/b12-11+/t13-,15+/m1/s1. The van der Waals surface area contributed by atoms with Crippen LogP contribution in [0.4, 0.5) is 0 Å². The molecule has 0 amide bonds. The molecule has 0 aromatic rings. The maximum atomic E-state index is 12.5. The smallest absolute Gasteiger partial charge is 0.137 e. The van der Waals surface area contributed by atoms with Gasteiger partial charge >= 0.3 is 0 Å². The number of hydrogen-bond donors (Lipinski definition) is 0. The lowest BCUT2D eigenvalue weighted by Crippen LogP contribution is -2.45. The molecule has 1 rings (SSSR count). The van der Waals surface area contributed by atoms with Gasteiger partial charge in [0.1, 0.15) is 13.5 Å². The predicted molar refractivity (Wildman–Crippen MR) is 97.2 cm³/mol. The number of carbonyl (C=O) groups excluding carboxylic acids is 1. The highest BCUT2D eigenvalue weighted by molar-refractivity contribution is 7.07.